The van der Waals surface area contributed by atoms with Crippen LogP contribution in [0, 0.1) is 0 Å². The normalized spacial score (nSPS) is 12.8. The standard InChI is InChI=1S/C14H16Cl2F3NS/c1-3-5-9(4-2)20-12-7-13(11(16)6-10(12)15)21-8-14(17,18)19/h6-7H,3-5,8H2,1-2H3/b20-9-. The summed E-state index contributed by atoms with van der Waals surface area (Å²) in [4.78, 5) is 4.78. The zero-order valence-corrected chi connectivity index (χ0v) is 14.1. The molecule has 0 saturated heterocycles. The third-order valence-corrected chi connectivity index (χ3v) is 4.47. The first kappa shape index (κ1) is 18.7. The van der Waals surface area contributed by atoms with Crippen molar-refractivity contribution in [1.29, 1.82) is 0 Å². The molecule has 21 heavy (non-hydrogen) atoms. The number of alkyl halides is 3. The summed E-state index contributed by atoms with van der Waals surface area (Å²) >= 11 is 12.7. The first-order valence-electron chi connectivity index (χ1n) is 6.51. The van der Waals surface area contributed by atoms with Gasteiger partial charge in [-0.2, -0.15) is 13.2 Å². The molecule has 1 aromatic carbocycles. The van der Waals surface area contributed by atoms with Crippen molar-refractivity contribution in [3.63, 3.8) is 0 Å². The molecule has 0 unspecified atom stereocenters. The summed E-state index contributed by atoms with van der Waals surface area (Å²) in [6.45, 7) is 4.02. The summed E-state index contributed by atoms with van der Waals surface area (Å²) < 4.78 is 36.9. The summed E-state index contributed by atoms with van der Waals surface area (Å²) in [5.41, 5.74) is 1.43. The fourth-order valence-electron chi connectivity index (χ4n) is 1.64. The molecule has 0 N–H and O–H groups in total. The van der Waals surface area contributed by atoms with E-state index in [0.29, 0.717) is 27.4 Å². The molecule has 0 aliphatic carbocycles. The quantitative estimate of drug-likeness (QED) is 0.397. The molecule has 1 aromatic rings. The van der Waals surface area contributed by atoms with Gasteiger partial charge in [0, 0.05) is 10.6 Å². The Kier molecular flexibility index (Phi) is 7.37. The van der Waals surface area contributed by atoms with E-state index < -0.39 is 11.9 Å². The molecular formula is C14H16Cl2F3NS. The highest BCUT2D eigenvalue weighted by molar-refractivity contribution is 7.99. The lowest BCUT2D eigenvalue weighted by Crippen LogP contribution is -2.10. The smallest absolute Gasteiger partial charge is 0.256 e. The molecule has 0 aromatic heterocycles. The molecule has 118 valence electrons. The van der Waals surface area contributed by atoms with Gasteiger partial charge in [0.05, 0.1) is 21.5 Å². The van der Waals surface area contributed by atoms with Crippen LogP contribution in [0.3, 0.4) is 0 Å². The van der Waals surface area contributed by atoms with E-state index in [1.807, 2.05) is 13.8 Å². The Labute approximate surface area is 136 Å². The second-order valence-electron chi connectivity index (χ2n) is 4.42. The lowest BCUT2D eigenvalue weighted by atomic mass is 10.2. The Balaban J connectivity index is 3.05. The summed E-state index contributed by atoms with van der Waals surface area (Å²) in [5.74, 6) is -0.993. The Morgan fingerprint density at radius 1 is 1.19 bits per heavy atom. The zero-order chi connectivity index (χ0) is 16.0. The number of halogens is 5. The highest BCUT2D eigenvalue weighted by Crippen LogP contribution is 2.38. The van der Waals surface area contributed by atoms with Crippen molar-refractivity contribution < 1.29 is 13.2 Å². The van der Waals surface area contributed by atoms with E-state index in [2.05, 4.69) is 4.99 Å². The minimum absolute atomic E-state index is 0.210. The Hall–Kier alpha value is -0.390. The predicted octanol–water partition coefficient (Wildman–Crippen LogP) is 6.93. The van der Waals surface area contributed by atoms with Crippen molar-refractivity contribution in [3.8, 4) is 0 Å². The molecule has 0 radical (unpaired) electrons. The van der Waals surface area contributed by atoms with Gasteiger partial charge in [-0.25, -0.2) is 0 Å². The van der Waals surface area contributed by atoms with Crippen LogP contribution in [0.2, 0.25) is 10.0 Å². The van der Waals surface area contributed by atoms with Gasteiger partial charge in [-0.15, -0.1) is 11.8 Å². The van der Waals surface area contributed by atoms with Crippen molar-refractivity contribution in [2.75, 3.05) is 5.75 Å². The predicted molar refractivity (Wildman–Crippen MR) is 85.5 cm³/mol. The molecule has 0 aliphatic rings. The van der Waals surface area contributed by atoms with Crippen LogP contribution in [-0.2, 0) is 0 Å². The van der Waals surface area contributed by atoms with Crippen LogP contribution in [-0.4, -0.2) is 17.6 Å². The average molecular weight is 358 g/mol. The number of thioether (sulfide) groups is 1. The van der Waals surface area contributed by atoms with Crippen molar-refractivity contribution in [1.82, 2.24) is 0 Å². The molecule has 7 heteroatoms. The van der Waals surface area contributed by atoms with Gasteiger partial charge < -0.3 is 0 Å². The average Bonchev–Trinajstić information content (AvgIpc) is 2.38. The Morgan fingerprint density at radius 2 is 1.86 bits per heavy atom. The van der Waals surface area contributed by atoms with Crippen LogP contribution in [0.25, 0.3) is 0 Å². The van der Waals surface area contributed by atoms with Gasteiger partial charge in [-0.1, -0.05) is 43.5 Å². The fourth-order valence-corrected chi connectivity index (χ4v) is 2.94. The van der Waals surface area contributed by atoms with E-state index in [1.54, 1.807) is 0 Å². The van der Waals surface area contributed by atoms with Gasteiger partial charge in [0.15, 0.2) is 0 Å². The highest BCUT2D eigenvalue weighted by Gasteiger charge is 2.27. The van der Waals surface area contributed by atoms with Gasteiger partial charge in [-0.3, -0.25) is 4.99 Å². The zero-order valence-electron chi connectivity index (χ0n) is 11.7. The molecule has 1 rings (SSSR count). The topological polar surface area (TPSA) is 12.4 Å². The molecule has 1 nitrogen and oxygen atoms in total. The third kappa shape index (κ3) is 6.49. The number of rotatable bonds is 6. The second kappa shape index (κ2) is 8.30. The molecular weight excluding hydrogens is 342 g/mol. The lowest BCUT2D eigenvalue weighted by molar-refractivity contribution is -0.105. The summed E-state index contributed by atoms with van der Waals surface area (Å²) in [6, 6.07) is 2.96. The molecule has 0 heterocycles. The number of hydrogen-bond donors (Lipinski definition) is 0. The van der Waals surface area contributed by atoms with Crippen molar-refractivity contribution in [2.24, 2.45) is 4.99 Å². The van der Waals surface area contributed by atoms with Gasteiger partial charge in [0.25, 0.3) is 0 Å². The molecule has 0 amide bonds. The number of benzene rings is 1. The minimum Gasteiger partial charge on any atom is -0.256 e. The Morgan fingerprint density at radius 3 is 2.38 bits per heavy atom. The molecule has 0 saturated carbocycles. The maximum Gasteiger partial charge on any atom is 0.398 e. The van der Waals surface area contributed by atoms with Crippen LogP contribution in [0.4, 0.5) is 18.9 Å². The van der Waals surface area contributed by atoms with Crippen LogP contribution in [0.1, 0.15) is 33.1 Å². The maximum absolute atomic E-state index is 12.3. The van der Waals surface area contributed by atoms with E-state index >= 15 is 0 Å². The first-order chi connectivity index (χ1) is 9.76. The Bertz CT molecular complexity index is 516. The van der Waals surface area contributed by atoms with Crippen molar-refractivity contribution >= 4 is 46.4 Å². The van der Waals surface area contributed by atoms with E-state index in [-0.39, 0.29) is 5.02 Å². The van der Waals surface area contributed by atoms with E-state index in [0.717, 1.165) is 25.0 Å². The summed E-state index contributed by atoms with van der Waals surface area (Å²) in [7, 11) is 0. The van der Waals surface area contributed by atoms with E-state index in [1.165, 1.54) is 12.1 Å². The lowest BCUT2D eigenvalue weighted by Gasteiger charge is -2.10. The van der Waals surface area contributed by atoms with Crippen LogP contribution < -0.4 is 0 Å². The van der Waals surface area contributed by atoms with E-state index in [4.69, 9.17) is 23.2 Å². The van der Waals surface area contributed by atoms with Gasteiger partial charge in [0.2, 0.25) is 0 Å². The first-order valence-corrected chi connectivity index (χ1v) is 8.26. The summed E-state index contributed by atoms with van der Waals surface area (Å²) in [6.07, 6.45) is -1.68. The maximum atomic E-state index is 12.3. The van der Waals surface area contributed by atoms with Crippen molar-refractivity contribution in [2.45, 2.75) is 44.2 Å². The SMILES string of the molecule is CCC/C(CC)=N\c1cc(SCC(F)(F)F)c(Cl)cc1Cl. The monoisotopic (exact) mass is 357 g/mol. The second-order valence-corrected chi connectivity index (χ2v) is 6.25. The summed E-state index contributed by atoms with van der Waals surface area (Å²) in [5, 5.41) is 0.556. The van der Waals surface area contributed by atoms with Gasteiger partial charge in [-0.05, 0) is 25.0 Å². The van der Waals surface area contributed by atoms with Crippen LogP contribution in [0.5, 0.6) is 0 Å². The van der Waals surface area contributed by atoms with Gasteiger partial charge in [0.1, 0.15) is 0 Å². The van der Waals surface area contributed by atoms with Crippen LogP contribution >= 0.6 is 35.0 Å². The molecule has 0 bridgehead atoms. The van der Waals surface area contributed by atoms with Crippen molar-refractivity contribution in [3.05, 3.63) is 22.2 Å². The largest absolute Gasteiger partial charge is 0.398 e. The molecule has 0 fully saturated rings. The molecule has 0 atom stereocenters. The molecule has 0 spiro atoms. The van der Waals surface area contributed by atoms with Gasteiger partial charge >= 0.3 is 6.18 Å². The van der Waals surface area contributed by atoms with Crippen LogP contribution in [0.15, 0.2) is 22.0 Å². The third-order valence-electron chi connectivity index (χ3n) is 2.62. The number of nitrogens with zero attached hydrogens (tertiary/aromatic N) is 1. The van der Waals surface area contributed by atoms with E-state index in [9.17, 15) is 13.2 Å². The fraction of sp³-hybridized carbons (Fsp3) is 0.500. The number of hydrogen-bond acceptors (Lipinski definition) is 2. The molecule has 0 aliphatic heterocycles. The minimum atomic E-state index is -4.24. The number of aliphatic imine (C=N–C) groups is 1. The highest BCUT2D eigenvalue weighted by atomic mass is 35.5.